The average molecular weight is 503 g/mol. The summed E-state index contributed by atoms with van der Waals surface area (Å²) in [7, 11) is 0. The average Bonchev–Trinajstić information content (AvgIpc) is 3.47. The minimum Gasteiger partial charge on any atom is -0.372 e. The Morgan fingerprint density at radius 2 is 1.77 bits per heavy atom. The Hall–Kier alpha value is -2.94. The highest BCUT2D eigenvalue weighted by Gasteiger charge is 2.29. The minimum atomic E-state index is 0.00488. The van der Waals surface area contributed by atoms with Gasteiger partial charge < -0.3 is 4.74 Å². The van der Waals surface area contributed by atoms with Gasteiger partial charge in [-0.25, -0.2) is 4.40 Å². The number of rotatable bonds is 6. The largest absolute Gasteiger partial charge is 0.372 e. The maximum Gasteiger partial charge on any atom is 0.264 e. The number of thioether (sulfide) groups is 1. The molecule has 0 bridgehead atoms. The van der Waals surface area contributed by atoms with Crippen molar-refractivity contribution >= 4 is 39.1 Å². The second-order valence-electron chi connectivity index (χ2n) is 9.25. The first kappa shape index (κ1) is 22.5. The van der Waals surface area contributed by atoms with Gasteiger partial charge in [-0.15, -0.1) is 21.5 Å². The fraction of sp³-hybridized carbons (Fsp3) is 0.296. The van der Waals surface area contributed by atoms with E-state index in [9.17, 15) is 4.79 Å². The molecule has 8 heteroatoms. The Morgan fingerprint density at radius 1 is 1.06 bits per heavy atom. The lowest BCUT2D eigenvalue weighted by atomic mass is 9.96. The van der Waals surface area contributed by atoms with Crippen LogP contribution in [0.1, 0.15) is 35.4 Å². The van der Waals surface area contributed by atoms with Crippen LogP contribution in [0.4, 0.5) is 0 Å². The van der Waals surface area contributed by atoms with E-state index in [4.69, 9.17) is 4.74 Å². The van der Waals surface area contributed by atoms with Gasteiger partial charge in [-0.1, -0.05) is 86.3 Å². The molecule has 0 spiro atoms. The molecule has 0 saturated heterocycles. The summed E-state index contributed by atoms with van der Waals surface area (Å²) in [5, 5.41) is 10.7. The molecule has 1 atom stereocenters. The molecule has 4 heterocycles. The lowest BCUT2D eigenvalue weighted by Gasteiger charge is -2.26. The Kier molecular flexibility index (Phi) is 5.96. The van der Waals surface area contributed by atoms with E-state index in [0.717, 1.165) is 43.6 Å². The fourth-order valence-corrected chi connectivity index (χ4v) is 6.83. The smallest absolute Gasteiger partial charge is 0.264 e. The molecule has 0 aliphatic carbocycles. The van der Waals surface area contributed by atoms with Crippen LogP contribution in [0.5, 0.6) is 0 Å². The highest BCUT2D eigenvalue weighted by molar-refractivity contribution is 7.98. The molecule has 0 N–H and O–H groups in total. The second-order valence-corrected chi connectivity index (χ2v) is 11.3. The van der Waals surface area contributed by atoms with Crippen LogP contribution in [0.25, 0.3) is 16.0 Å². The zero-order chi connectivity index (χ0) is 23.9. The van der Waals surface area contributed by atoms with Crippen LogP contribution >= 0.6 is 23.1 Å². The molecule has 2 aromatic carbocycles. The van der Waals surface area contributed by atoms with Crippen LogP contribution in [0, 0.1) is 5.92 Å². The summed E-state index contributed by atoms with van der Waals surface area (Å²) in [6.07, 6.45) is 0.874. The first-order valence-corrected chi connectivity index (χ1v) is 13.6. The third-order valence-corrected chi connectivity index (χ3v) is 8.75. The molecule has 1 aliphatic heterocycles. The van der Waals surface area contributed by atoms with Crippen molar-refractivity contribution in [1.82, 2.24) is 19.2 Å². The fourth-order valence-electron chi connectivity index (χ4n) is 4.64. The van der Waals surface area contributed by atoms with Gasteiger partial charge >= 0.3 is 0 Å². The molecule has 0 saturated carbocycles. The molecule has 0 radical (unpaired) electrons. The molecule has 6 nitrogen and oxygen atoms in total. The van der Waals surface area contributed by atoms with Crippen LogP contribution in [0.2, 0.25) is 0 Å². The molecule has 3 aromatic heterocycles. The van der Waals surface area contributed by atoms with Gasteiger partial charge in [0.2, 0.25) is 5.78 Å². The third kappa shape index (κ3) is 4.09. The van der Waals surface area contributed by atoms with Crippen molar-refractivity contribution in [1.29, 1.82) is 0 Å². The van der Waals surface area contributed by atoms with Gasteiger partial charge in [-0.3, -0.25) is 9.36 Å². The first-order chi connectivity index (χ1) is 17.1. The number of hydrogen-bond donors (Lipinski definition) is 0. The molecular weight excluding hydrogens is 476 g/mol. The van der Waals surface area contributed by atoms with E-state index in [2.05, 4.69) is 40.6 Å². The lowest BCUT2D eigenvalue weighted by molar-refractivity contribution is 0.00200. The normalized spacial score (nSPS) is 15.8. The molecule has 178 valence electrons. The number of ether oxygens (including phenoxy) is 1. The first-order valence-electron chi connectivity index (χ1n) is 11.8. The Morgan fingerprint density at radius 3 is 2.49 bits per heavy atom. The van der Waals surface area contributed by atoms with Gasteiger partial charge in [-0.2, -0.15) is 0 Å². The summed E-state index contributed by atoms with van der Waals surface area (Å²) < 4.78 is 10.0. The second kappa shape index (κ2) is 9.26. The van der Waals surface area contributed by atoms with Crippen molar-refractivity contribution in [2.75, 3.05) is 0 Å². The lowest BCUT2D eigenvalue weighted by Crippen LogP contribution is -2.28. The Labute approximate surface area is 211 Å². The molecular formula is C27H26N4O2S2. The zero-order valence-corrected chi connectivity index (χ0v) is 21.3. The summed E-state index contributed by atoms with van der Waals surface area (Å²) in [6.45, 7) is 5.35. The van der Waals surface area contributed by atoms with E-state index in [0.29, 0.717) is 24.8 Å². The standard InChI is InChI=1S/C27H26N4O2S2/c1-17(2)21-13-20-22(15-33-21)35-25-23(20)24(32)30(14-18-9-5-3-6-10-18)26-28-29-27(31(25)26)34-16-19-11-7-4-8-12-19/h3-12,17,21H,13-16H2,1-2H3/t21-/m0/s1. The monoisotopic (exact) mass is 502 g/mol. The number of thiophene rings is 1. The topological polar surface area (TPSA) is 61.4 Å². The predicted octanol–water partition coefficient (Wildman–Crippen LogP) is 5.54. The highest BCUT2D eigenvalue weighted by atomic mass is 32.2. The van der Waals surface area contributed by atoms with Gasteiger partial charge in [-0.05, 0) is 22.6 Å². The molecule has 6 rings (SSSR count). The van der Waals surface area contributed by atoms with E-state index >= 15 is 0 Å². The number of fused-ring (bicyclic) bond motifs is 5. The SMILES string of the molecule is CC(C)[C@@H]1Cc2c(sc3c2c(=O)n(Cc2ccccc2)c2nnc(SCc4ccccc4)n32)CO1. The van der Waals surface area contributed by atoms with E-state index in [1.807, 2.05) is 48.5 Å². The van der Waals surface area contributed by atoms with Crippen molar-refractivity contribution in [3.05, 3.63) is 92.6 Å². The van der Waals surface area contributed by atoms with Crippen LogP contribution in [0.15, 0.2) is 70.6 Å². The van der Waals surface area contributed by atoms with Gasteiger partial charge in [0, 0.05) is 17.1 Å². The van der Waals surface area contributed by atoms with E-state index in [-0.39, 0.29) is 11.7 Å². The molecule has 5 aromatic rings. The van der Waals surface area contributed by atoms with Crippen LogP contribution in [0.3, 0.4) is 0 Å². The Bertz CT molecular complexity index is 1550. The summed E-state index contributed by atoms with van der Waals surface area (Å²) in [5.41, 5.74) is 3.42. The highest BCUT2D eigenvalue weighted by Crippen LogP contribution is 2.37. The van der Waals surface area contributed by atoms with Gasteiger partial charge in [0.1, 0.15) is 4.83 Å². The zero-order valence-electron chi connectivity index (χ0n) is 19.7. The number of nitrogens with zero attached hydrogens (tertiary/aromatic N) is 4. The maximum atomic E-state index is 14.0. The van der Waals surface area contributed by atoms with Gasteiger partial charge in [0.15, 0.2) is 5.16 Å². The summed E-state index contributed by atoms with van der Waals surface area (Å²) in [5.74, 6) is 1.76. The quantitative estimate of drug-likeness (QED) is 0.285. The summed E-state index contributed by atoms with van der Waals surface area (Å²) in [4.78, 5) is 16.0. The molecule has 35 heavy (non-hydrogen) atoms. The van der Waals surface area contributed by atoms with E-state index in [1.54, 1.807) is 27.7 Å². The molecule has 0 unspecified atom stereocenters. The van der Waals surface area contributed by atoms with Crippen LogP contribution < -0.4 is 5.56 Å². The van der Waals surface area contributed by atoms with Crippen molar-refractivity contribution in [3.63, 3.8) is 0 Å². The molecule has 1 aliphatic rings. The van der Waals surface area contributed by atoms with Gasteiger partial charge in [0.25, 0.3) is 5.56 Å². The molecule has 0 amide bonds. The van der Waals surface area contributed by atoms with Crippen molar-refractivity contribution in [3.8, 4) is 0 Å². The predicted molar refractivity (Wildman–Crippen MR) is 141 cm³/mol. The summed E-state index contributed by atoms with van der Waals surface area (Å²) in [6, 6.07) is 20.4. The van der Waals surface area contributed by atoms with E-state index in [1.165, 1.54) is 5.56 Å². The minimum absolute atomic E-state index is 0.00488. The van der Waals surface area contributed by atoms with Crippen LogP contribution in [-0.4, -0.2) is 25.3 Å². The van der Waals surface area contributed by atoms with E-state index < -0.39 is 0 Å². The Balaban J connectivity index is 1.54. The number of aromatic nitrogens is 4. The van der Waals surface area contributed by atoms with Gasteiger partial charge in [0.05, 0.1) is 24.6 Å². The number of hydrogen-bond acceptors (Lipinski definition) is 6. The third-order valence-electron chi connectivity index (χ3n) is 6.56. The maximum absolute atomic E-state index is 14.0. The summed E-state index contributed by atoms with van der Waals surface area (Å²) >= 11 is 3.29. The van der Waals surface area contributed by atoms with Crippen LogP contribution in [-0.2, 0) is 30.1 Å². The molecule has 0 fully saturated rings. The van der Waals surface area contributed by atoms with Crippen molar-refractivity contribution < 1.29 is 4.74 Å². The van der Waals surface area contributed by atoms with Crippen molar-refractivity contribution in [2.45, 2.75) is 50.4 Å². The number of benzene rings is 2. The van der Waals surface area contributed by atoms with Crippen molar-refractivity contribution in [2.24, 2.45) is 5.92 Å².